The van der Waals surface area contributed by atoms with Crippen molar-refractivity contribution in [2.75, 3.05) is 29.4 Å². The number of fused-ring (bicyclic) bond motifs is 1. The highest BCUT2D eigenvalue weighted by Gasteiger charge is 2.14. The molecule has 0 atom stereocenters. The Balaban J connectivity index is 0.00000300. The number of nitrogens with zero attached hydrogens (tertiary/aromatic N) is 2. The van der Waals surface area contributed by atoms with Gasteiger partial charge in [0.05, 0.1) is 22.2 Å². The highest BCUT2D eigenvalue weighted by Crippen LogP contribution is 2.17. The molecule has 0 fully saturated rings. The molecule has 0 amide bonds. The first-order chi connectivity index (χ1) is 13.2. The molecule has 3 rings (SSSR count). The molecule has 3 N–H and O–H groups in total. The molecule has 1 heterocycles. The third kappa shape index (κ3) is 5.82. The molecule has 0 saturated heterocycles. The van der Waals surface area contributed by atoms with Crippen LogP contribution in [0.25, 0.3) is 11.0 Å². The van der Waals surface area contributed by atoms with Crippen LogP contribution in [0.15, 0.2) is 53.4 Å². The lowest BCUT2D eigenvalue weighted by Gasteiger charge is -2.09. The largest absolute Gasteiger partial charge is 0.354 e. The van der Waals surface area contributed by atoms with Gasteiger partial charge in [-0.2, -0.15) is 0 Å². The van der Waals surface area contributed by atoms with Crippen LogP contribution in [0.3, 0.4) is 0 Å². The van der Waals surface area contributed by atoms with Crippen molar-refractivity contribution < 1.29 is 16.8 Å². The number of hydrogen-bond acceptors (Lipinski definition) is 6. The van der Waals surface area contributed by atoms with E-state index in [9.17, 15) is 16.8 Å². The van der Waals surface area contributed by atoms with Gasteiger partial charge in [0.1, 0.15) is 0 Å². The van der Waals surface area contributed by atoms with Gasteiger partial charge in [0.25, 0.3) is 0 Å². The molecule has 0 spiro atoms. The number of benzene rings is 2. The monoisotopic (exact) mass is 459 g/mol. The van der Waals surface area contributed by atoms with E-state index in [-0.39, 0.29) is 23.8 Å². The Bertz CT molecular complexity index is 1190. The number of nitrogens with one attached hydrogen (secondary N) is 3. The summed E-state index contributed by atoms with van der Waals surface area (Å²) >= 11 is 0. The maximum Gasteiger partial charge on any atom is 0.240 e. The van der Waals surface area contributed by atoms with Crippen molar-refractivity contribution in [1.82, 2.24) is 14.3 Å². The Morgan fingerprint density at radius 1 is 0.966 bits per heavy atom. The molecule has 0 aliphatic carbocycles. The fourth-order valence-electron chi connectivity index (χ4n) is 2.66. The predicted molar refractivity (Wildman–Crippen MR) is 117 cm³/mol. The second-order valence-corrected chi connectivity index (χ2v) is 9.72. The molecular formula is C17H22ClN5O4S2. The number of hydrogen-bond donors (Lipinski definition) is 3. The van der Waals surface area contributed by atoms with Gasteiger partial charge in [-0.3, -0.25) is 4.72 Å². The number of rotatable bonds is 8. The van der Waals surface area contributed by atoms with Crippen LogP contribution < -0.4 is 14.8 Å². The van der Waals surface area contributed by atoms with Gasteiger partial charge in [0.2, 0.25) is 26.0 Å². The first-order valence-corrected chi connectivity index (χ1v) is 11.8. The van der Waals surface area contributed by atoms with Crippen molar-refractivity contribution in [2.45, 2.75) is 4.90 Å². The standard InChI is InChI=1S/C17H21N5O4S2.ClH/c1-22-16-6-4-3-5-15(16)20-17(22)18-11-12-19-28(25,26)14-9-7-13(8-10-14)21-27(2,23)24;/h3-10,19,21H,11-12H2,1-2H3,(H,18,20);1H. The fraction of sp³-hybridized carbons (Fsp3) is 0.235. The quantitative estimate of drug-likeness (QED) is 0.441. The number of para-hydroxylation sites is 2. The van der Waals surface area contributed by atoms with E-state index in [4.69, 9.17) is 0 Å². The summed E-state index contributed by atoms with van der Waals surface area (Å²) in [7, 11) is -5.24. The van der Waals surface area contributed by atoms with Gasteiger partial charge in [0, 0.05) is 25.8 Å². The van der Waals surface area contributed by atoms with Crippen LogP contribution in [0.4, 0.5) is 11.6 Å². The SMILES string of the molecule is Cl.Cn1c(NCCNS(=O)(=O)c2ccc(NS(C)(=O)=O)cc2)nc2ccccc21. The summed E-state index contributed by atoms with van der Waals surface area (Å²) in [6.45, 7) is 0.513. The van der Waals surface area contributed by atoms with Crippen LogP contribution in [0.1, 0.15) is 0 Å². The smallest absolute Gasteiger partial charge is 0.240 e. The third-order valence-electron chi connectivity index (χ3n) is 3.96. The van der Waals surface area contributed by atoms with E-state index in [1.807, 2.05) is 35.9 Å². The first kappa shape index (κ1) is 22.9. The molecule has 0 aliphatic rings. The van der Waals surface area contributed by atoms with Crippen molar-refractivity contribution >= 4 is 55.1 Å². The Kier molecular flexibility index (Phi) is 7.11. The maximum atomic E-state index is 12.3. The van der Waals surface area contributed by atoms with Crippen molar-refractivity contribution in [3.8, 4) is 0 Å². The number of aromatic nitrogens is 2. The molecule has 2 aromatic carbocycles. The molecular weight excluding hydrogens is 438 g/mol. The normalized spacial score (nSPS) is 11.8. The topological polar surface area (TPSA) is 122 Å². The summed E-state index contributed by atoms with van der Waals surface area (Å²) in [5.41, 5.74) is 2.13. The van der Waals surface area contributed by atoms with Crippen LogP contribution in [-0.4, -0.2) is 45.7 Å². The molecule has 1 aromatic heterocycles. The second-order valence-electron chi connectivity index (χ2n) is 6.21. The van der Waals surface area contributed by atoms with Gasteiger partial charge in [-0.15, -0.1) is 12.4 Å². The minimum absolute atomic E-state index is 0. The Hall–Kier alpha value is -2.34. The fourth-order valence-corrected chi connectivity index (χ4v) is 4.26. The van der Waals surface area contributed by atoms with E-state index in [1.165, 1.54) is 24.3 Å². The number of imidazole rings is 1. The number of sulfonamides is 2. The summed E-state index contributed by atoms with van der Waals surface area (Å²) in [6.07, 6.45) is 1.02. The minimum atomic E-state index is -3.70. The third-order valence-corrected chi connectivity index (χ3v) is 6.04. The summed E-state index contributed by atoms with van der Waals surface area (Å²) in [5, 5.41) is 3.11. The van der Waals surface area contributed by atoms with Gasteiger partial charge in [0.15, 0.2) is 0 Å². The zero-order valence-corrected chi connectivity index (χ0v) is 18.2. The number of halogens is 1. The summed E-state index contributed by atoms with van der Waals surface area (Å²) in [5.74, 6) is 0.650. The van der Waals surface area contributed by atoms with E-state index in [1.54, 1.807) is 0 Å². The Morgan fingerprint density at radius 2 is 1.62 bits per heavy atom. The van der Waals surface area contributed by atoms with Gasteiger partial charge in [-0.05, 0) is 36.4 Å². The highest BCUT2D eigenvalue weighted by molar-refractivity contribution is 7.92. The second kappa shape index (κ2) is 8.99. The molecule has 0 radical (unpaired) electrons. The lowest BCUT2D eigenvalue weighted by molar-refractivity contribution is 0.582. The Labute approximate surface area is 176 Å². The first-order valence-electron chi connectivity index (χ1n) is 8.38. The zero-order chi connectivity index (χ0) is 20.4. The van der Waals surface area contributed by atoms with E-state index in [0.29, 0.717) is 18.2 Å². The molecule has 29 heavy (non-hydrogen) atoms. The van der Waals surface area contributed by atoms with Crippen LogP contribution in [-0.2, 0) is 27.1 Å². The van der Waals surface area contributed by atoms with E-state index >= 15 is 0 Å². The summed E-state index contributed by atoms with van der Waals surface area (Å²) in [6, 6.07) is 13.2. The van der Waals surface area contributed by atoms with Gasteiger partial charge in [-0.25, -0.2) is 26.5 Å². The van der Waals surface area contributed by atoms with Gasteiger partial charge >= 0.3 is 0 Å². The average molecular weight is 460 g/mol. The van der Waals surface area contributed by atoms with Gasteiger partial charge < -0.3 is 9.88 Å². The molecule has 12 heteroatoms. The highest BCUT2D eigenvalue weighted by atomic mass is 35.5. The van der Waals surface area contributed by atoms with Crippen molar-refractivity contribution in [1.29, 1.82) is 0 Å². The molecule has 3 aromatic rings. The van der Waals surface area contributed by atoms with E-state index in [0.717, 1.165) is 17.3 Å². The maximum absolute atomic E-state index is 12.3. The molecule has 9 nitrogen and oxygen atoms in total. The molecule has 0 bridgehead atoms. The van der Waals surface area contributed by atoms with Crippen LogP contribution in [0, 0.1) is 0 Å². The Morgan fingerprint density at radius 3 is 2.24 bits per heavy atom. The van der Waals surface area contributed by atoms with Crippen molar-refractivity contribution in [2.24, 2.45) is 7.05 Å². The van der Waals surface area contributed by atoms with Gasteiger partial charge in [-0.1, -0.05) is 12.1 Å². The predicted octanol–water partition coefficient (Wildman–Crippen LogP) is 1.76. The van der Waals surface area contributed by atoms with Crippen LogP contribution in [0.5, 0.6) is 0 Å². The lowest BCUT2D eigenvalue weighted by Crippen LogP contribution is -2.29. The molecule has 0 saturated carbocycles. The van der Waals surface area contributed by atoms with Crippen molar-refractivity contribution in [3.63, 3.8) is 0 Å². The average Bonchev–Trinajstić information content (AvgIpc) is 2.94. The molecule has 158 valence electrons. The molecule has 0 unspecified atom stereocenters. The van der Waals surface area contributed by atoms with Crippen molar-refractivity contribution in [3.05, 3.63) is 48.5 Å². The summed E-state index contributed by atoms with van der Waals surface area (Å²) < 4.78 is 53.8. The number of anilines is 2. The lowest BCUT2D eigenvalue weighted by atomic mass is 10.3. The zero-order valence-electron chi connectivity index (χ0n) is 15.8. The molecule has 0 aliphatic heterocycles. The van der Waals surface area contributed by atoms with Crippen LogP contribution in [0.2, 0.25) is 0 Å². The van der Waals surface area contributed by atoms with E-state index < -0.39 is 20.0 Å². The van der Waals surface area contributed by atoms with E-state index in [2.05, 4.69) is 19.7 Å². The number of aryl methyl sites for hydroxylation is 1. The summed E-state index contributed by atoms with van der Waals surface area (Å²) in [4.78, 5) is 4.51. The van der Waals surface area contributed by atoms with Crippen LogP contribution >= 0.6 is 12.4 Å². The minimum Gasteiger partial charge on any atom is -0.354 e.